The summed E-state index contributed by atoms with van der Waals surface area (Å²) >= 11 is 1.60. The van der Waals surface area contributed by atoms with E-state index in [4.69, 9.17) is 14.0 Å². The molecule has 0 aliphatic carbocycles. The van der Waals surface area contributed by atoms with Crippen LogP contribution in [0.1, 0.15) is 16.7 Å². The zero-order valence-electron chi connectivity index (χ0n) is 18.2. The van der Waals surface area contributed by atoms with E-state index in [9.17, 15) is 13.2 Å². The second-order valence-corrected chi connectivity index (χ2v) is 9.86. The molecule has 8 heteroatoms. The van der Waals surface area contributed by atoms with E-state index in [1.165, 1.54) is 0 Å². The highest BCUT2D eigenvalue weighted by Crippen LogP contribution is 2.33. The molecule has 1 N–H and O–H groups in total. The molecule has 3 rings (SSSR count). The number of rotatable bonds is 10. The van der Waals surface area contributed by atoms with Gasteiger partial charge in [-0.1, -0.05) is 54.6 Å². The van der Waals surface area contributed by atoms with Gasteiger partial charge in [0.15, 0.2) is 6.61 Å². The number of carboxylic acid groups (broad SMARTS) is 1. The summed E-state index contributed by atoms with van der Waals surface area (Å²) in [7, 11) is -3.68. The number of hydrogen-bond acceptors (Lipinski definition) is 6. The first-order chi connectivity index (χ1) is 15.7. The van der Waals surface area contributed by atoms with Crippen LogP contribution < -0.4 is 8.92 Å². The molecule has 33 heavy (non-hydrogen) atoms. The summed E-state index contributed by atoms with van der Waals surface area (Å²) < 4.78 is 34.0. The van der Waals surface area contributed by atoms with Crippen LogP contribution in [0.5, 0.6) is 11.5 Å². The molecule has 0 aromatic heterocycles. The Hall–Kier alpha value is -3.23. The SMILES string of the molecule is Cc1cc(SC/C=C(\c2ccccc2)c2ccccc2OS(C)(=O)=O)ccc1OCC(=O)O. The molecule has 3 aromatic carbocycles. The number of benzene rings is 3. The fourth-order valence-corrected chi connectivity index (χ4v) is 4.50. The second-order valence-electron chi connectivity index (χ2n) is 7.19. The molecular weight excluding hydrogens is 460 g/mol. The van der Waals surface area contributed by atoms with E-state index >= 15 is 0 Å². The number of carbonyl (C=O) groups is 1. The predicted octanol–water partition coefficient (Wildman–Crippen LogP) is 5.02. The van der Waals surface area contributed by atoms with Crippen molar-refractivity contribution in [3.8, 4) is 11.5 Å². The Morgan fingerprint density at radius 3 is 2.36 bits per heavy atom. The summed E-state index contributed by atoms with van der Waals surface area (Å²) in [5.41, 5.74) is 3.33. The maximum Gasteiger partial charge on any atom is 0.341 e. The van der Waals surface area contributed by atoms with Gasteiger partial charge in [0, 0.05) is 16.2 Å². The van der Waals surface area contributed by atoms with Gasteiger partial charge in [0.1, 0.15) is 11.5 Å². The van der Waals surface area contributed by atoms with Crippen LogP contribution in [0.3, 0.4) is 0 Å². The standard InChI is InChI=1S/C25H24O6S2/c1-18-16-20(12-13-23(18)30-17-25(26)27)32-15-14-21(19-8-4-3-5-9-19)22-10-6-7-11-24(22)31-33(2,28)29/h3-14,16H,15,17H2,1-2H3,(H,26,27)/b21-14+. The molecule has 0 radical (unpaired) electrons. The molecule has 0 atom stereocenters. The molecule has 0 heterocycles. The Balaban J connectivity index is 1.86. The molecule has 172 valence electrons. The molecule has 0 fully saturated rings. The molecule has 0 aliphatic rings. The quantitative estimate of drug-likeness (QED) is 0.319. The van der Waals surface area contributed by atoms with Crippen molar-refractivity contribution >= 4 is 33.4 Å². The van der Waals surface area contributed by atoms with Crippen molar-refractivity contribution in [1.82, 2.24) is 0 Å². The lowest BCUT2D eigenvalue weighted by Crippen LogP contribution is -2.09. The van der Waals surface area contributed by atoms with Gasteiger partial charge < -0.3 is 14.0 Å². The van der Waals surface area contributed by atoms with Gasteiger partial charge >= 0.3 is 16.1 Å². The van der Waals surface area contributed by atoms with Crippen molar-refractivity contribution in [2.24, 2.45) is 0 Å². The Bertz CT molecular complexity index is 1250. The lowest BCUT2D eigenvalue weighted by Gasteiger charge is -2.14. The van der Waals surface area contributed by atoms with Crippen LogP contribution in [0.15, 0.2) is 83.8 Å². The molecule has 6 nitrogen and oxygen atoms in total. The number of aryl methyl sites for hydroxylation is 1. The van der Waals surface area contributed by atoms with Gasteiger partial charge in [-0.3, -0.25) is 0 Å². The number of aliphatic carboxylic acids is 1. The zero-order valence-corrected chi connectivity index (χ0v) is 19.9. The molecule has 0 amide bonds. The number of thioether (sulfide) groups is 1. The summed E-state index contributed by atoms with van der Waals surface area (Å²) in [5.74, 6) is 0.406. The number of hydrogen-bond donors (Lipinski definition) is 1. The fourth-order valence-electron chi connectivity index (χ4n) is 3.16. The summed E-state index contributed by atoms with van der Waals surface area (Å²) in [6.45, 7) is 1.48. The molecule has 0 saturated heterocycles. The van der Waals surface area contributed by atoms with Crippen molar-refractivity contribution in [2.75, 3.05) is 18.6 Å². The average Bonchev–Trinajstić information content (AvgIpc) is 2.76. The number of ether oxygens (including phenoxy) is 1. The third kappa shape index (κ3) is 7.40. The van der Waals surface area contributed by atoms with Gasteiger partial charge in [-0.05, 0) is 47.9 Å². The largest absolute Gasteiger partial charge is 0.482 e. The monoisotopic (exact) mass is 484 g/mol. The third-order valence-corrected chi connectivity index (χ3v) is 5.94. The Labute approximate surface area is 198 Å². The van der Waals surface area contributed by atoms with Crippen LogP contribution in [0.4, 0.5) is 0 Å². The van der Waals surface area contributed by atoms with Crippen LogP contribution in [0.2, 0.25) is 0 Å². The van der Waals surface area contributed by atoms with Crippen molar-refractivity contribution in [1.29, 1.82) is 0 Å². The molecular formula is C25H24O6S2. The first-order valence-corrected chi connectivity index (χ1v) is 12.9. The highest BCUT2D eigenvalue weighted by molar-refractivity contribution is 7.99. The van der Waals surface area contributed by atoms with Crippen molar-refractivity contribution in [3.05, 3.63) is 95.6 Å². The maximum absolute atomic E-state index is 11.8. The van der Waals surface area contributed by atoms with Gasteiger partial charge in [0.2, 0.25) is 0 Å². The van der Waals surface area contributed by atoms with Crippen LogP contribution in [-0.2, 0) is 14.9 Å². The highest BCUT2D eigenvalue weighted by atomic mass is 32.2. The highest BCUT2D eigenvalue weighted by Gasteiger charge is 2.14. The number of para-hydroxylation sites is 1. The molecule has 0 unspecified atom stereocenters. The molecule has 0 aliphatic heterocycles. The Kier molecular flexibility index (Phi) is 8.19. The second kappa shape index (κ2) is 11.1. The van der Waals surface area contributed by atoms with Crippen LogP contribution >= 0.6 is 11.8 Å². The van der Waals surface area contributed by atoms with Crippen molar-refractivity contribution in [2.45, 2.75) is 11.8 Å². The maximum atomic E-state index is 11.8. The summed E-state index contributed by atoms with van der Waals surface area (Å²) in [4.78, 5) is 11.7. The van der Waals surface area contributed by atoms with Crippen molar-refractivity contribution < 1.29 is 27.2 Å². The predicted molar refractivity (Wildman–Crippen MR) is 130 cm³/mol. The smallest absolute Gasteiger partial charge is 0.341 e. The molecule has 0 spiro atoms. The Morgan fingerprint density at radius 1 is 1.00 bits per heavy atom. The summed E-state index contributed by atoms with van der Waals surface area (Å²) in [6, 6.07) is 22.3. The third-order valence-electron chi connectivity index (χ3n) is 4.54. The molecule has 3 aromatic rings. The molecule has 0 bridgehead atoms. The summed E-state index contributed by atoms with van der Waals surface area (Å²) in [6.07, 6.45) is 3.06. The van der Waals surface area contributed by atoms with E-state index in [-0.39, 0.29) is 12.4 Å². The van der Waals surface area contributed by atoms with E-state index in [0.717, 1.165) is 27.9 Å². The summed E-state index contributed by atoms with van der Waals surface area (Å²) in [5, 5.41) is 8.78. The van der Waals surface area contributed by atoms with Gasteiger partial charge in [0.25, 0.3) is 0 Å². The van der Waals surface area contributed by atoms with Crippen molar-refractivity contribution in [3.63, 3.8) is 0 Å². The van der Waals surface area contributed by atoms with E-state index in [0.29, 0.717) is 17.1 Å². The lowest BCUT2D eigenvalue weighted by molar-refractivity contribution is -0.139. The first-order valence-electron chi connectivity index (χ1n) is 10.1. The average molecular weight is 485 g/mol. The minimum atomic E-state index is -3.68. The van der Waals surface area contributed by atoms with E-state index in [2.05, 4.69) is 0 Å². The first kappa shape index (κ1) is 24.4. The fraction of sp³-hybridized carbons (Fsp3) is 0.160. The van der Waals surface area contributed by atoms with Crippen LogP contribution in [0, 0.1) is 6.92 Å². The van der Waals surface area contributed by atoms with Crippen LogP contribution in [-0.4, -0.2) is 38.1 Å². The minimum absolute atomic E-state index is 0.274. The van der Waals surface area contributed by atoms with Crippen LogP contribution in [0.25, 0.3) is 5.57 Å². The van der Waals surface area contributed by atoms with Gasteiger partial charge in [-0.2, -0.15) is 8.42 Å². The van der Waals surface area contributed by atoms with E-state index in [1.807, 2.05) is 67.6 Å². The minimum Gasteiger partial charge on any atom is -0.482 e. The van der Waals surface area contributed by atoms with Gasteiger partial charge in [0.05, 0.1) is 6.26 Å². The normalized spacial score (nSPS) is 11.8. The topological polar surface area (TPSA) is 89.9 Å². The van der Waals surface area contributed by atoms with Gasteiger partial charge in [-0.25, -0.2) is 4.79 Å². The number of carboxylic acids is 1. The molecule has 0 saturated carbocycles. The van der Waals surface area contributed by atoms with E-state index < -0.39 is 16.1 Å². The van der Waals surface area contributed by atoms with Gasteiger partial charge in [-0.15, -0.1) is 11.8 Å². The van der Waals surface area contributed by atoms with E-state index in [1.54, 1.807) is 30.0 Å². The zero-order chi connectivity index (χ0) is 23.8. The lowest BCUT2D eigenvalue weighted by atomic mass is 9.97. The Morgan fingerprint density at radius 2 is 1.70 bits per heavy atom.